The maximum absolute atomic E-state index is 15.2. The molecule has 0 radical (unpaired) electrons. The predicted molar refractivity (Wildman–Crippen MR) is 142 cm³/mol. The summed E-state index contributed by atoms with van der Waals surface area (Å²) in [6.07, 6.45) is 6.62. The molecule has 1 aliphatic rings. The first-order valence-electron chi connectivity index (χ1n) is 12.2. The number of nitrogens with zero attached hydrogens (tertiary/aromatic N) is 9. The molecule has 6 heterocycles. The second-order valence-electron chi connectivity index (χ2n) is 9.50. The Kier molecular flexibility index (Phi) is 5.27. The van der Waals surface area contributed by atoms with Gasteiger partial charge in [0.15, 0.2) is 11.6 Å². The van der Waals surface area contributed by atoms with E-state index >= 15 is 8.78 Å². The standard InChI is InChI=1S/C26H21ClF2N10/c1-36-23(6-7-31-36)33-22-9-18(19(27)11-30-22)17-8-21-25-35-34-24(38(25)15-26(28,29)14-37(21)12-17)13-39-20-5-3-2-4-16(20)10-32-39/h2-12H,13-15H2,1H3,(H,30,33). The van der Waals surface area contributed by atoms with Crippen LogP contribution in [-0.4, -0.2) is 49.8 Å². The lowest BCUT2D eigenvalue weighted by Crippen LogP contribution is -2.28. The summed E-state index contributed by atoms with van der Waals surface area (Å²) in [7, 11) is 1.81. The average molecular weight is 547 g/mol. The molecule has 0 saturated carbocycles. The molecule has 0 fully saturated rings. The number of alkyl halides is 2. The molecule has 1 aromatic carbocycles. The van der Waals surface area contributed by atoms with Crippen molar-refractivity contribution in [2.75, 3.05) is 5.32 Å². The van der Waals surface area contributed by atoms with Crippen LogP contribution in [0, 0.1) is 0 Å². The van der Waals surface area contributed by atoms with Crippen LogP contribution in [0.3, 0.4) is 0 Å². The van der Waals surface area contributed by atoms with Gasteiger partial charge in [0, 0.05) is 42.0 Å². The first-order valence-corrected chi connectivity index (χ1v) is 12.5. The molecule has 1 aliphatic heterocycles. The third-order valence-electron chi connectivity index (χ3n) is 6.83. The minimum Gasteiger partial charge on any atom is -0.338 e. The minimum absolute atomic E-state index is 0.212. The molecule has 39 heavy (non-hydrogen) atoms. The molecule has 5 aromatic heterocycles. The van der Waals surface area contributed by atoms with E-state index in [9.17, 15) is 0 Å². The van der Waals surface area contributed by atoms with Crippen molar-refractivity contribution in [2.45, 2.75) is 25.6 Å². The van der Waals surface area contributed by atoms with Gasteiger partial charge >= 0.3 is 0 Å². The summed E-state index contributed by atoms with van der Waals surface area (Å²) in [6.45, 7) is -0.822. The maximum Gasteiger partial charge on any atom is 0.283 e. The van der Waals surface area contributed by atoms with E-state index in [4.69, 9.17) is 11.6 Å². The van der Waals surface area contributed by atoms with Gasteiger partial charge in [0.2, 0.25) is 0 Å². The average Bonchev–Trinajstić information content (AvgIpc) is 3.68. The lowest BCUT2D eigenvalue weighted by Gasteiger charge is -2.16. The fourth-order valence-corrected chi connectivity index (χ4v) is 5.17. The minimum atomic E-state index is -3.03. The van der Waals surface area contributed by atoms with Crippen molar-refractivity contribution in [1.82, 2.24) is 43.9 Å². The van der Waals surface area contributed by atoms with Gasteiger partial charge in [0.05, 0.1) is 41.7 Å². The van der Waals surface area contributed by atoms with Gasteiger partial charge in [-0.05, 0) is 18.2 Å². The number of hydrogen-bond donors (Lipinski definition) is 1. The molecule has 196 valence electrons. The van der Waals surface area contributed by atoms with Crippen molar-refractivity contribution in [3.05, 3.63) is 78.1 Å². The molecule has 6 aromatic rings. The Bertz CT molecular complexity index is 1850. The van der Waals surface area contributed by atoms with Gasteiger partial charge in [-0.2, -0.15) is 10.2 Å². The quantitative estimate of drug-likeness (QED) is 0.327. The highest BCUT2D eigenvalue weighted by molar-refractivity contribution is 6.33. The molecule has 0 aliphatic carbocycles. The summed E-state index contributed by atoms with van der Waals surface area (Å²) in [5.74, 6) is -0.980. The highest BCUT2D eigenvalue weighted by Crippen LogP contribution is 2.37. The van der Waals surface area contributed by atoms with E-state index in [1.807, 2.05) is 43.4 Å². The zero-order valence-electron chi connectivity index (χ0n) is 20.6. The SMILES string of the molecule is Cn1nccc1Nc1cc(-c2cc3n(c2)CC(F)(F)Cn2c(Cn4ncc5ccccc54)nnc2-3)c(Cl)cn1. The highest BCUT2D eigenvalue weighted by atomic mass is 35.5. The van der Waals surface area contributed by atoms with E-state index in [0.29, 0.717) is 39.3 Å². The Morgan fingerprint density at radius 3 is 2.77 bits per heavy atom. The zero-order valence-corrected chi connectivity index (χ0v) is 21.4. The van der Waals surface area contributed by atoms with E-state index in [1.54, 1.807) is 34.0 Å². The van der Waals surface area contributed by atoms with Crippen LogP contribution in [0.4, 0.5) is 20.4 Å². The number of para-hydroxylation sites is 1. The summed E-state index contributed by atoms with van der Waals surface area (Å²) in [6, 6.07) is 13.1. The predicted octanol–water partition coefficient (Wildman–Crippen LogP) is 4.99. The van der Waals surface area contributed by atoms with Gasteiger partial charge in [-0.25, -0.2) is 13.8 Å². The van der Waals surface area contributed by atoms with Gasteiger partial charge in [0.1, 0.15) is 18.2 Å². The Labute approximate surface area is 225 Å². The van der Waals surface area contributed by atoms with Gasteiger partial charge in [-0.15, -0.1) is 10.2 Å². The molecule has 0 unspecified atom stereocenters. The number of hydrogen-bond acceptors (Lipinski definition) is 6. The summed E-state index contributed by atoms with van der Waals surface area (Å²) in [5, 5.41) is 21.8. The number of aromatic nitrogens is 9. The number of aryl methyl sites for hydroxylation is 1. The lowest BCUT2D eigenvalue weighted by atomic mass is 10.1. The highest BCUT2D eigenvalue weighted by Gasteiger charge is 2.37. The fraction of sp³-hybridized carbons (Fsp3) is 0.192. The third-order valence-corrected chi connectivity index (χ3v) is 7.13. The molecule has 1 N–H and O–H groups in total. The summed E-state index contributed by atoms with van der Waals surface area (Å²) < 4.78 is 36.9. The van der Waals surface area contributed by atoms with Crippen LogP contribution in [0.5, 0.6) is 0 Å². The van der Waals surface area contributed by atoms with Crippen molar-refractivity contribution in [3.8, 4) is 22.6 Å². The van der Waals surface area contributed by atoms with Crippen LogP contribution in [0.25, 0.3) is 33.5 Å². The smallest absolute Gasteiger partial charge is 0.283 e. The third kappa shape index (κ3) is 4.13. The first kappa shape index (κ1) is 23.5. The fourth-order valence-electron chi connectivity index (χ4n) is 4.96. The molecule has 0 spiro atoms. The van der Waals surface area contributed by atoms with Crippen molar-refractivity contribution in [1.29, 1.82) is 0 Å². The van der Waals surface area contributed by atoms with Gasteiger partial charge in [0.25, 0.3) is 5.92 Å². The van der Waals surface area contributed by atoms with Crippen molar-refractivity contribution >= 4 is 34.1 Å². The van der Waals surface area contributed by atoms with Crippen LogP contribution in [0.15, 0.2) is 67.3 Å². The summed E-state index contributed by atoms with van der Waals surface area (Å²) in [4.78, 5) is 4.35. The maximum atomic E-state index is 15.2. The number of halogens is 3. The Balaban J connectivity index is 1.28. The molecule has 10 nitrogen and oxygen atoms in total. The van der Waals surface area contributed by atoms with Crippen LogP contribution in [0.2, 0.25) is 5.02 Å². The molecule has 13 heteroatoms. The number of benzene rings is 1. The second kappa shape index (κ2) is 8.73. The van der Waals surface area contributed by atoms with E-state index in [1.165, 1.54) is 15.3 Å². The van der Waals surface area contributed by atoms with Crippen LogP contribution >= 0.6 is 11.6 Å². The largest absolute Gasteiger partial charge is 0.338 e. The first-order chi connectivity index (χ1) is 18.8. The molecule has 0 saturated heterocycles. The molecule has 0 amide bonds. The molecular weight excluding hydrogens is 526 g/mol. The van der Waals surface area contributed by atoms with Crippen LogP contribution in [0.1, 0.15) is 5.82 Å². The van der Waals surface area contributed by atoms with Crippen molar-refractivity contribution in [2.24, 2.45) is 7.05 Å². The number of pyridine rings is 1. The molecule has 0 bridgehead atoms. The second-order valence-corrected chi connectivity index (χ2v) is 9.91. The van der Waals surface area contributed by atoms with Crippen LogP contribution < -0.4 is 5.32 Å². The molecular formula is C26H21ClF2N10. The number of anilines is 2. The van der Waals surface area contributed by atoms with E-state index in [2.05, 4.69) is 30.7 Å². The topological polar surface area (TPSA) is 96.2 Å². The van der Waals surface area contributed by atoms with Crippen molar-refractivity contribution < 1.29 is 8.78 Å². The number of nitrogens with one attached hydrogen (secondary N) is 1. The molecule has 7 rings (SSSR count). The molecule has 0 atom stereocenters. The summed E-state index contributed by atoms with van der Waals surface area (Å²) >= 11 is 6.52. The van der Waals surface area contributed by atoms with E-state index in [0.717, 1.165) is 16.7 Å². The zero-order chi connectivity index (χ0) is 26.7. The summed E-state index contributed by atoms with van der Waals surface area (Å²) in [5.41, 5.74) is 2.73. The van der Waals surface area contributed by atoms with Crippen LogP contribution in [-0.2, 0) is 26.7 Å². The van der Waals surface area contributed by atoms with Gasteiger partial charge < -0.3 is 14.5 Å². The lowest BCUT2D eigenvalue weighted by molar-refractivity contribution is -0.0301. The van der Waals surface area contributed by atoms with Gasteiger partial charge in [-0.3, -0.25) is 9.36 Å². The normalized spacial score (nSPS) is 14.3. The van der Waals surface area contributed by atoms with Crippen molar-refractivity contribution in [3.63, 3.8) is 0 Å². The number of fused-ring (bicyclic) bond motifs is 4. The Hall–Kier alpha value is -4.58. The van der Waals surface area contributed by atoms with E-state index < -0.39 is 19.0 Å². The monoisotopic (exact) mass is 546 g/mol. The Morgan fingerprint density at radius 1 is 1.05 bits per heavy atom. The number of rotatable bonds is 5. The van der Waals surface area contributed by atoms with E-state index in [-0.39, 0.29) is 6.54 Å². The Morgan fingerprint density at radius 2 is 1.92 bits per heavy atom. The van der Waals surface area contributed by atoms with Gasteiger partial charge in [-0.1, -0.05) is 29.8 Å².